The van der Waals surface area contributed by atoms with Gasteiger partial charge in [-0.15, -0.1) is 0 Å². The Bertz CT molecular complexity index is 618. The molecule has 0 unspecified atom stereocenters. The van der Waals surface area contributed by atoms with Crippen LogP contribution in [0.15, 0.2) is 60.3 Å². The van der Waals surface area contributed by atoms with E-state index in [1.165, 1.54) is 0 Å². The molecule has 1 amide bonds. The zero-order chi connectivity index (χ0) is 15.1. The lowest BCUT2D eigenvalue weighted by Gasteiger charge is -2.08. The maximum atomic E-state index is 11.9. The van der Waals surface area contributed by atoms with Gasteiger partial charge in [0.15, 0.2) is 0 Å². The molecule has 108 valence electrons. The van der Waals surface area contributed by atoms with E-state index in [-0.39, 0.29) is 5.91 Å². The van der Waals surface area contributed by atoms with Crippen LogP contribution in [0.3, 0.4) is 0 Å². The molecule has 0 fully saturated rings. The van der Waals surface area contributed by atoms with Crippen molar-refractivity contribution >= 4 is 23.1 Å². The first-order chi connectivity index (χ1) is 10.2. The van der Waals surface area contributed by atoms with Crippen LogP contribution in [0.5, 0.6) is 0 Å². The molecule has 0 aliphatic heterocycles. The summed E-state index contributed by atoms with van der Waals surface area (Å²) in [4.78, 5) is 16.1. The lowest BCUT2D eigenvalue weighted by molar-refractivity contribution is -0.112. The Morgan fingerprint density at radius 3 is 2.52 bits per heavy atom. The number of aromatic nitrogens is 1. The maximum Gasteiger partial charge on any atom is 0.251 e. The van der Waals surface area contributed by atoms with E-state index in [2.05, 4.69) is 15.6 Å². The van der Waals surface area contributed by atoms with E-state index in [0.717, 1.165) is 17.9 Å². The fourth-order valence-corrected chi connectivity index (χ4v) is 1.84. The van der Waals surface area contributed by atoms with E-state index in [1.54, 1.807) is 13.1 Å². The number of amides is 1. The van der Waals surface area contributed by atoms with Crippen LogP contribution < -0.4 is 10.6 Å². The van der Waals surface area contributed by atoms with E-state index in [9.17, 15) is 4.79 Å². The van der Waals surface area contributed by atoms with Gasteiger partial charge in [-0.1, -0.05) is 31.2 Å². The third-order valence-corrected chi connectivity index (χ3v) is 2.94. The molecule has 4 heteroatoms. The van der Waals surface area contributed by atoms with Crippen molar-refractivity contribution in [1.29, 1.82) is 0 Å². The summed E-state index contributed by atoms with van der Waals surface area (Å²) in [7, 11) is 0. The van der Waals surface area contributed by atoms with Gasteiger partial charge in [-0.3, -0.25) is 4.79 Å². The summed E-state index contributed by atoms with van der Waals surface area (Å²) in [5.74, 6) is 0.641. The first kappa shape index (κ1) is 14.8. The number of carbonyl (C=O) groups excluding carboxylic acids is 1. The highest BCUT2D eigenvalue weighted by atomic mass is 16.1. The lowest BCUT2D eigenvalue weighted by Crippen LogP contribution is -2.12. The van der Waals surface area contributed by atoms with Gasteiger partial charge in [0.1, 0.15) is 5.82 Å². The van der Waals surface area contributed by atoms with Crippen LogP contribution in [-0.4, -0.2) is 10.9 Å². The fraction of sp³-hybridized carbons (Fsp3) is 0.176. The summed E-state index contributed by atoms with van der Waals surface area (Å²) in [6, 6.07) is 13.5. The summed E-state index contributed by atoms with van der Waals surface area (Å²) < 4.78 is 0. The van der Waals surface area contributed by atoms with Crippen molar-refractivity contribution in [1.82, 2.24) is 4.98 Å². The second-order valence-corrected chi connectivity index (χ2v) is 4.67. The second-order valence-electron chi connectivity index (χ2n) is 4.67. The molecule has 2 N–H and O–H groups in total. The highest BCUT2D eigenvalue weighted by molar-refractivity contribution is 6.03. The molecule has 0 aliphatic rings. The number of anilines is 3. The standard InChI is InChI=1S/C17H19N3O/c1-3-7-13(2)17(21)20-15-10-11-16(18-12-15)19-14-8-5-4-6-9-14/h4-12H,3H2,1-2H3,(H,18,19)(H,20,21). The van der Waals surface area contributed by atoms with Gasteiger partial charge < -0.3 is 10.6 Å². The lowest BCUT2D eigenvalue weighted by atomic mass is 10.2. The van der Waals surface area contributed by atoms with Gasteiger partial charge in [-0.25, -0.2) is 4.98 Å². The van der Waals surface area contributed by atoms with Crippen LogP contribution in [0.4, 0.5) is 17.2 Å². The SMILES string of the molecule is CCC=C(C)C(=O)Nc1ccc(Nc2ccccc2)nc1. The first-order valence-electron chi connectivity index (χ1n) is 6.95. The Morgan fingerprint density at radius 2 is 1.90 bits per heavy atom. The molecule has 0 saturated carbocycles. The number of hydrogen-bond acceptors (Lipinski definition) is 3. The van der Waals surface area contributed by atoms with Crippen LogP contribution >= 0.6 is 0 Å². The molecule has 2 aromatic rings. The van der Waals surface area contributed by atoms with E-state index in [4.69, 9.17) is 0 Å². The van der Waals surface area contributed by atoms with Crippen molar-refractivity contribution in [2.75, 3.05) is 10.6 Å². The molecule has 21 heavy (non-hydrogen) atoms. The Balaban J connectivity index is 1.99. The largest absolute Gasteiger partial charge is 0.340 e. The Morgan fingerprint density at radius 1 is 1.14 bits per heavy atom. The van der Waals surface area contributed by atoms with Crippen molar-refractivity contribution in [3.05, 3.63) is 60.3 Å². The molecule has 1 aromatic carbocycles. The monoisotopic (exact) mass is 281 g/mol. The number of hydrogen-bond donors (Lipinski definition) is 2. The third kappa shape index (κ3) is 4.45. The van der Waals surface area contributed by atoms with Crippen LogP contribution in [0.2, 0.25) is 0 Å². The number of nitrogens with one attached hydrogen (secondary N) is 2. The normalized spacial score (nSPS) is 11.0. The predicted molar refractivity (Wildman–Crippen MR) is 86.6 cm³/mol. The molecule has 1 heterocycles. The van der Waals surface area contributed by atoms with Gasteiger partial charge in [0, 0.05) is 11.3 Å². The smallest absolute Gasteiger partial charge is 0.251 e. The molecule has 0 radical (unpaired) electrons. The minimum absolute atomic E-state index is 0.0950. The van der Waals surface area contributed by atoms with Gasteiger partial charge in [-0.05, 0) is 37.6 Å². The van der Waals surface area contributed by atoms with Crippen LogP contribution in [-0.2, 0) is 4.79 Å². The minimum atomic E-state index is -0.0950. The molecule has 0 bridgehead atoms. The quantitative estimate of drug-likeness (QED) is 0.810. The number of nitrogens with zero attached hydrogens (tertiary/aromatic N) is 1. The molecule has 4 nitrogen and oxygen atoms in total. The molecule has 2 rings (SSSR count). The van der Waals surface area contributed by atoms with E-state index in [1.807, 2.05) is 55.5 Å². The topological polar surface area (TPSA) is 54.0 Å². The predicted octanol–water partition coefficient (Wildman–Crippen LogP) is 4.12. The van der Waals surface area contributed by atoms with Gasteiger partial charge >= 0.3 is 0 Å². The molecular weight excluding hydrogens is 262 g/mol. The van der Waals surface area contributed by atoms with Crippen molar-refractivity contribution < 1.29 is 4.79 Å². The zero-order valence-corrected chi connectivity index (χ0v) is 12.3. The summed E-state index contributed by atoms with van der Waals surface area (Å²) >= 11 is 0. The average Bonchev–Trinajstić information content (AvgIpc) is 2.50. The van der Waals surface area contributed by atoms with Crippen LogP contribution in [0, 0.1) is 0 Å². The minimum Gasteiger partial charge on any atom is -0.340 e. The van der Waals surface area contributed by atoms with E-state index < -0.39 is 0 Å². The number of pyridine rings is 1. The second kappa shape index (κ2) is 7.24. The summed E-state index contributed by atoms with van der Waals surface area (Å²) in [6.45, 7) is 3.81. The molecular formula is C17H19N3O. The van der Waals surface area contributed by atoms with Crippen molar-refractivity contribution in [2.45, 2.75) is 20.3 Å². The first-order valence-corrected chi connectivity index (χ1v) is 6.95. The van der Waals surface area contributed by atoms with E-state index in [0.29, 0.717) is 11.3 Å². The summed E-state index contributed by atoms with van der Waals surface area (Å²) in [5.41, 5.74) is 2.37. The van der Waals surface area contributed by atoms with Gasteiger partial charge in [0.2, 0.25) is 0 Å². The Kier molecular flexibility index (Phi) is 5.10. The number of allylic oxidation sites excluding steroid dienone is 1. The third-order valence-electron chi connectivity index (χ3n) is 2.94. The number of carbonyl (C=O) groups is 1. The molecule has 0 spiro atoms. The van der Waals surface area contributed by atoms with Crippen LogP contribution in [0.1, 0.15) is 20.3 Å². The highest BCUT2D eigenvalue weighted by Gasteiger charge is 2.04. The van der Waals surface area contributed by atoms with Crippen molar-refractivity contribution in [3.63, 3.8) is 0 Å². The van der Waals surface area contributed by atoms with Crippen molar-refractivity contribution in [2.24, 2.45) is 0 Å². The van der Waals surface area contributed by atoms with E-state index >= 15 is 0 Å². The molecule has 0 aliphatic carbocycles. The molecule has 0 atom stereocenters. The Hall–Kier alpha value is -2.62. The van der Waals surface area contributed by atoms with Crippen LogP contribution in [0.25, 0.3) is 0 Å². The van der Waals surface area contributed by atoms with Crippen molar-refractivity contribution in [3.8, 4) is 0 Å². The van der Waals surface area contributed by atoms with Gasteiger partial charge in [0.25, 0.3) is 5.91 Å². The highest BCUT2D eigenvalue weighted by Crippen LogP contribution is 2.16. The van der Waals surface area contributed by atoms with Gasteiger partial charge in [-0.2, -0.15) is 0 Å². The number of benzene rings is 1. The summed E-state index contributed by atoms with van der Waals surface area (Å²) in [5, 5.41) is 6.01. The summed E-state index contributed by atoms with van der Waals surface area (Å²) in [6.07, 6.45) is 4.38. The number of rotatable bonds is 5. The maximum absolute atomic E-state index is 11.9. The Labute approximate surface area is 124 Å². The number of para-hydroxylation sites is 1. The van der Waals surface area contributed by atoms with Gasteiger partial charge in [0.05, 0.1) is 11.9 Å². The molecule has 1 aromatic heterocycles. The fourth-order valence-electron chi connectivity index (χ4n) is 1.84. The zero-order valence-electron chi connectivity index (χ0n) is 12.3. The average molecular weight is 281 g/mol. The molecule has 0 saturated heterocycles.